The number of nitrogens with one attached hydrogen (secondary N) is 2. The molecule has 2 saturated carbocycles. The van der Waals surface area contributed by atoms with Gasteiger partial charge in [0.15, 0.2) is 0 Å². The highest BCUT2D eigenvalue weighted by Gasteiger charge is 2.26. The van der Waals surface area contributed by atoms with Gasteiger partial charge in [0.05, 0.1) is 0 Å². The summed E-state index contributed by atoms with van der Waals surface area (Å²) in [5.74, 6) is -1.24. The van der Waals surface area contributed by atoms with E-state index in [2.05, 4.69) is 10.6 Å². The van der Waals surface area contributed by atoms with Gasteiger partial charge in [0.2, 0.25) is 0 Å². The molecule has 0 bridgehead atoms. The predicted octanol–water partition coefficient (Wildman–Crippen LogP) is 4.86. The number of aliphatic carboxylic acids is 1. The van der Waals surface area contributed by atoms with Gasteiger partial charge < -0.3 is 20.5 Å². The standard InChI is InChI=1S/C12H23N.C10H19NO4/c1-3-7-11(8-4-1)13-12-9-5-2-6-10-12;1-6(2)7(8(12)13)11-9(14)15-10(3,4)5/h11-13H,1-10H2;6-7H,1-5H3,(H,11,14)(H,12,13). The van der Waals surface area contributed by atoms with Crippen LogP contribution in [0.2, 0.25) is 0 Å². The van der Waals surface area contributed by atoms with Crippen LogP contribution in [0.4, 0.5) is 4.79 Å². The molecule has 3 N–H and O–H groups in total. The molecule has 2 fully saturated rings. The summed E-state index contributed by atoms with van der Waals surface area (Å²) < 4.78 is 4.96. The van der Waals surface area contributed by atoms with Crippen molar-refractivity contribution in [1.29, 1.82) is 0 Å². The number of carboxylic acids is 1. The molecule has 28 heavy (non-hydrogen) atoms. The Labute approximate surface area is 171 Å². The van der Waals surface area contributed by atoms with Gasteiger partial charge in [0.25, 0.3) is 0 Å². The molecule has 1 unspecified atom stereocenters. The van der Waals surface area contributed by atoms with E-state index in [0.717, 1.165) is 12.1 Å². The van der Waals surface area contributed by atoms with Gasteiger partial charge in [-0.1, -0.05) is 52.4 Å². The maximum absolute atomic E-state index is 11.3. The minimum Gasteiger partial charge on any atom is -0.480 e. The maximum Gasteiger partial charge on any atom is 0.408 e. The molecule has 0 radical (unpaired) electrons. The number of amides is 1. The Hall–Kier alpha value is -1.30. The molecule has 6 nitrogen and oxygen atoms in total. The zero-order chi connectivity index (χ0) is 21.2. The summed E-state index contributed by atoms with van der Waals surface area (Å²) in [5, 5.41) is 15.0. The summed E-state index contributed by atoms with van der Waals surface area (Å²) >= 11 is 0. The van der Waals surface area contributed by atoms with Crippen LogP contribution in [0.1, 0.15) is 98.8 Å². The minimum absolute atomic E-state index is 0.185. The average molecular weight is 399 g/mol. The van der Waals surface area contributed by atoms with E-state index in [1.54, 1.807) is 34.6 Å². The third-order valence-electron chi connectivity index (χ3n) is 5.29. The molecule has 0 saturated heterocycles. The summed E-state index contributed by atoms with van der Waals surface area (Å²) in [4.78, 5) is 22.1. The molecule has 0 heterocycles. The largest absolute Gasteiger partial charge is 0.480 e. The van der Waals surface area contributed by atoms with Crippen LogP contribution in [0.5, 0.6) is 0 Å². The summed E-state index contributed by atoms with van der Waals surface area (Å²) in [6.07, 6.45) is 13.9. The maximum atomic E-state index is 11.3. The van der Waals surface area contributed by atoms with Gasteiger partial charge in [0.1, 0.15) is 11.6 Å². The molecule has 164 valence electrons. The first-order valence-electron chi connectivity index (χ1n) is 11.1. The van der Waals surface area contributed by atoms with Gasteiger partial charge in [-0.2, -0.15) is 0 Å². The Morgan fingerprint density at radius 3 is 1.64 bits per heavy atom. The fourth-order valence-electron chi connectivity index (χ4n) is 3.82. The lowest BCUT2D eigenvalue weighted by molar-refractivity contribution is -0.140. The molecule has 0 aromatic carbocycles. The number of rotatable bonds is 5. The molecule has 0 aliphatic heterocycles. The zero-order valence-electron chi connectivity index (χ0n) is 18.6. The monoisotopic (exact) mass is 398 g/mol. The Morgan fingerprint density at radius 2 is 1.32 bits per heavy atom. The number of carboxylic acid groups (broad SMARTS) is 1. The highest BCUT2D eigenvalue weighted by molar-refractivity contribution is 5.80. The van der Waals surface area contributed by atoms with Crippen molar-refractivity contribution in [2.75, 3.05) is 0 Å². The van der Waals surface area contributed by atoms with Gasteiger partial charge >= 0.3 is 12.1 Å². The number of hydrogen-bond acceptors (Lipinski definition) is 4. The molecule has 0 aromatic rings. The smallest absolute Gasteiger partial charge is 0.408 e. The predicted molar refractivity (Wildman–Crippen MR) is 113 cm³/mol. The highest BCUT2D eigenvalue weighted by Crippen LogP contribution is 2.22. The Balaban J connectivity index is 0.000000281. The lowest BCUT2D eigenvalue weighted by atomic mass is 9.91. The molecule has 1 atom stereocenters. The molecular weight excluding hydrogens is 356 g/mol. The highest BCUT2D eigenvalue weighted by atomic mass is 16.6. The second-order valence-corrected chi connectivity index (χ2v) is 9.54. The number of carbonyl (C=O) groups excluding carboxylic acids is 1. The van der Waals surface area contributed by atoms with Gasteiger partial charge in [-0.15, -0.1) is 0 Å². The zero-order valence-corrected chi connectivity index (χ0v) is 18.6. The summed E-state index contributed by atoms with van der Waals surface area (Å²) in [5.41, 5.74) is -0.621. The van der Waals surface area contributed by atoms with Gasteiger partial charge in [-0.3, -0.25) is 0 Å². The Bertz CT molecular complexity index is 446. The fraction of sp³-hybridized carbons (Fsp3) is 0.909. The van der Waals surface area contributed by atoms with E-state index in [1.165, 1.54) is 64.2 Å². The van der Waals surface area contributed by atoms with E-state index in [4.69, 9.17) is 9.84 Å². The number of carbonyl (C=O) groups is 2. The Kier molecular flexibility index (Phi) is 10.9. The van der Waals surface area contributed by atoms with Crippen LogP contribution < -0.4 is 10.6 Å². The van der Waals surface area contributed by atoms with Crippen LogP contribution in [0.3, 0.4) is 0 Å². The quantitative estimate of drug-likeness (QED) is 0.615. The van der Waals surface area contributed by atoms with Crippen molar-refractivity contribution in [2.24, 2.45) is 5.92 Å². The van der Waals surface area contributed by atoms with Crippen LogP contribution in [0.15, 0.2) is 0 Å². The summed E-state index contributed by atoms with van der Waals surface area (Å²) in [6, 6.07) is 0.827. The van der Waals surface area contributed by atoms with E-state index in [1.807, 2.05) is 0 Å². The molecule has 2 aliphatic carbocycles. The van der Waals surface area contributed by atoms with Gasteiger partial charge in [0, 0.05) is 12.1 Å². The average Bonchev–Trinajstić information content (AvgIpc) is 2.60. The first-order valence-corrected chi connectivity index (χ1v) is 11.1. The second kappa shape index (κ2) is 12.3. The lowest BCUT2D eigenvalue weighted by Gasteiger charge is -2.30. The molecule has 1 amide bonds. The summed E-state index contributed by atoms with van der Waals surface area (Å²) in [6.45, 7) is 8.60. The van der Waals surface area contributed by atoms with Crippen molar-refractivity contribution < 1.29 is 19.4 Å². The van der Waals surface area contributed by atoms with Gasteiger partial charge in [-0.25, -0.2) is 9.59 Å². The lowest BCUT2D eigenvalue weighted by Crippen LogP contribution is -2.46. The molecule has 0 aromatic heterocycles. The van der Waals surface area contributed by atoms with Crippen LogP contribution in [-0.2, 0) is 9.53 Å². The minimum atomic E-state index is -1.06. The van der Waals surface area contributed by atoms with Crippen molar-refractivity contribution in [3.8, 4) is 0 Å². The molecule has 0 spiro atoms. The van der Waals surface area contributed by atoms with E-state index in [9.17, 15) is 9.59 Å². The van der Waals surface area contributed by atoms with Crippen molar-refractivity contribution in [1.82, 2.24) is 10.6 Å². The van der Waals surface area contributed by atoms with E-state index in [-0.39, 0.29) is 5.92 Å². The van der Waals surface area contributed by atoms with Crippen molar-refractivity contribution in [3.63, 3.8) is 0 Å². The fourth-order valence-corrected chi connectivity index (χ4v) is 3.82. The van der Waals surface area contributed by atoms with Crippen molar-refractivity contribution in [3.05, 3.63) is 0 Å². The van der Waals surface area contributed by atoms with E-state index >= 15 is 0 Å². The second-order valence-electron chi connectivity index (χ2n) is 9.54. The van der Waals surface area contributed by atoms with Gasteiger partial charge in [-0.05, 0) is 52.4 Å². The van der Waals surface area contributed by atoms with Crippen molar-refractivity contribution in [2.45, 2.75) is 123 Å². The number of ether oxygens (including phenoxy) is 1. The molecule has 2 rings (SSSR count). The van der Waals surface area contributed by atoms with Crippen molar-refractivity contribution >= 4 is 12.1 Å². The van der Waals surface area contributed by atoms with Crippen LogP contribution >= 0.6 is 0 Å². The topological polar surface area (TPSA) is 87.7 Å². The van der Waals surface area contributed by atoms with Crippen LogP contribution in [0.25, 0.3) is 0 Å². The molecule has 6 heteroatoms. The molecule has 2 aliphatic rings. The first-order chi connectivity index (χ1) is 13.1. The first kappa shape index (κ1) is 24.7. The van der Waals surface area contributed by atoms with Crippen LogP contribution in [-0.4, -0.2) is 40.9 Å². The normalized spacial score (nSPS) is 20.1. The van der Waals surface area contributed by atoms with E-state index < -0.39 is 23.7 Å². The Morgan fingerprint density at radius 1 is 0.893 bits per heavy atom. The number of alkyl carbamates (subject to hydrolysis) is 1. The van der Waals surface area contributed by atoms with E-state index in [0.29, 0.717) is 0 Å². The summed E-state index contributed by atoms with van der Waals surface area (Å²) in [7, 11) is 0. The van der Waals surface area contributed by atoms with Crippen LogP contribution in [0, 0.1) is 5.92 Å². The molecular formula is C22H42N2O4. The SMILES string of the molecule is C1CCC(NC2CCCCC2)CC1.CC(C)C(NC(=O)OC(C)(C)C)C(=O)O. The third kappa shape index (κ3) is 10.9. The number of hydrogen-bond donors (Lipinski definition) is 3. The third-order valence-corrected chi connectivity index (χ3v) is 5.29.